The molecular weight excluding hydrogens is 242 g/mol. The largest absolute Gasteiger partial charge is 0.368 e. The number of aromatic nitrogens is 6. The number of rotatable bonds is 4. The van der Waals surface area contributed by atoms with Gasteiger partial charge in [-0.3, -0.25) is 4.57 Å². The molecule has 0 aliphatic heterocycles. The molecule has 0 saturated carbocycles. The average molecular weight is 257 g/mol. The number of fused-ring (bicyclic) bond motifs is 1. The summed E-state index contributed by atoms with van der Waals surface area (Å²) >= 11 is 0. The molecule has 0 amide bonds. The third-order valence-corrected chi connectivity index (χ3v) is 2.96. The van der Waals surface area contributed by atoms with Crippen LogP contribution in [0.5, 0.6) is 0 Å². The van der Waals surface area contributed by atoms with Crippen LogP contribution in [-0.4, -0.2) is 29.1 Å². The number of nitrogens with zero attached hydrogens (tertiary/aromatic N) is 6. The van der Waals surface area contributed by atoms with E-state index < -0.39 is 0 Å². The molecule has 7 heteroatoms. The number of hydrogen-bond acceptors (Lipinski definition) is 5. The van der Waals surface area contributed by atoms with Crippen molar-refractivity contribution in [3.8, 4) is 5.82 Å². The van der Waals surface area contributed by atoms with Gasteiger partial charge in [0.1, 0.15) is 6.33 Å². The maximum atomic E-state index is 5.79. The van der Waals surface area contributed by atoms with Crippen LogP contribution in [0.15, 0.2) is 25.0 Å². The van der Waals surface area contributed by atoms with Crippen molar-refractivity contribution in [1.82, 2.24) is 29.1 Å². The van der Waals surface area contributed by atoms with E-state index in [-0.39, 0.29) is 5.95 Å². The van der Waals surface area contributed by atoms with Gasteiger partial charge < -0.3 is 10.3 Å². The maximum absolute atomic E-state index is 5.79. The summed E-state index contributed by atoms with van der Waals surface area (Å²) < 4.78 is 3.80. The third-order valence-electron chi connectivity index (χ3n) is 2.96. The molecule has 0 spiro atoms. The Labute approximate surface area is 110 Å². The van der Waals surface area contributed by atoms with E-state index in [1.165, 1.54) is 0 Å². The van der Waals surface area contributed by atoms with Gasteiger partial charge in [-0.05, 0) is 6.42 Å². The van der Waals surface area contributed by atoms with E-state index in [2.05, 4.69) is 26.9 Å². The van der Waals surface area contributed by atoms with Crippen molar-refractivity contribution in [1.29, 1.82) is 0 Å². The van der Waals surface area contributed by atoms with E-state index in [9.17, 15) is 0 Å². The molecule has 0 radical (unpaired) electrons. The molecular formula is C12H15N7. The van der Waals surface area contributed by atoms with Crippen molar-refractivity contribution in [3.63, 3.8) is 0 Å². The summed E-state index contributed by atoms with van der Waals surface area (Å²) in [5.41, 5.74) is 7.30. The Morgan fingerprint density at radius 2 is 2.16 bits per heavy atom. The smallest absolute Gasteiger partial charge is 0.224 e. The normalized spacial score (nSPS) is 11.2. The standard InChI is InChI=1S/C12H15N7/c1-2-3-5-18-8-15-9-10(18)16-12(13)17-11(9)19-6-4-14-7-19/h4,6-8H,2-3,5H2,1H3,(H2,13,16,17). The molecule has 98 valence electrons. The average Bonchev–Trinajstić information content (AvgIpc) is 3.05. The van der Waals surface area contributed by atoms with Gasteiger partial charge in [0.25, 0.3) is 0 Å². The van der Waals surface area contributed by atoms with Crippen molar-refractivity contribution in [3.05, 3.63) is 25.0 Å². The van der Waals surface area contributed by atoms with E-state index in [1.54, 1.807) is 23.4 Å². The predicted molar refractivity (Wildman–Crippen MR) is 71.8 cm³/mol. The Balaban J connectivity index is 2.16. The molecule has 0 unspecified atom stereocenters. The van der Waals surface area contributed by atoms with Crippen LogP contribution in [-0.2, 0) is 6.54 Å². The molecule has 3 rings (SSSR count). The van der Waals surface area contributed by atoms with Crippen molar-refractivity contribution in [2.24, 2.45) is 0 Å². The lowest BCUT2D eigenvalue weighted by atomic mass is 10.3. The minimum Gasteiger partial charge on any atom is -0.368 e. The van der Waals surface area contributed by atoms with Gasteiger partial charge in [0.2, 0.25) is 5.95 Å². The van der Waals surface area contributed by atoms with Crippen molar-refractivity contribution < 1.29 is 0 Å². The molecule has 3 aromatic heterocycles. The zero-order valence-electron chi connectivity index (χ0n) is 10.7. The number of imidazole rings is 2. The summed E-state index contributed by atoms with van der Waals surface area (Å²) in [4.78, 5) is 17.0. The zero-order valence-corrected chi connectivity index (χ0v) is 10.7. The molecule has 0 aliphatic rings. The molecule has 0 atom stereocenters. The first-order chi connectivity index (χ1) is 9.29. The Morgan fingerprint density at radius 3 is 2.89 bits per heavy atom. The van der Waals surface area contributed by atoms with Crippen LogP contribution in [0.25, 0.3) is 17.0 Å². The molecule has 3 heterocycles. The van der Waals surface area contributed by atoms with Gasteiger partial charge >= 0.3 is 0 Å². The number of unbranched alkanes of at least 4 members (excludes halogenated alkanes) is 1. The fourth-order valence-electron chi connectivity index (χ4n) is 2.00. The van der Waals surface area contributed by atoms with Gasteiger partial charge in [-0.25, -0.2) is 9.97 Å². The number of aryl methyl sites for hydroxylation is 1. The van der Waals surface area contributed by atoms with Crippen LogP contribution in [0.4, 0.5) is 5.95 Å². The van der Waals surface area contributed by atoms with Gasteiger partial charge in [-0.15, -0.1) is 0 Å². The first-order valence-corrected chi connectivity index (χ1v) is 6.26. The summed E-state index contributed by atoms with van der Waals surface area (Å²) in [7, 11) is 0. The number of nitrogen functional groups attached to an aromatic ring is 1. The highest BCUT2D eigenvalue weighted by Crippen LogP contribution is 2.19. The van der Waals surface area contributed by atoms with Gasteiger partial charge in [0.15, 0.2) is 17.0 Å². The molecule has 0 aliphatic carbocycles. The summed E-state index contributed by atoms with van der Waals surface area (Å²) in [5.74, 6) is 0.907. The summed E-state index contributed by atoms with van der Waals surface area (Å²) in [5, 5.41) is 0. The Morgan fingerprint density at radius 1 is 1.26 bits per heavy atom. The number of hydrogen-bond donors (Lipinski definition) is 1. The molecule has 0 aromatic carbocycles. The van der Waals surface area contributed by atoms with Gasteiger partial charge in [0, 0.05) is 18.9 Å². The molecule has 0 saturated heterocycles. The minimum atomic E-state index is 0.245. The second-order valence-electron chi connectivity index (χ2n) is 4.34. The van der Waals surface area contributed by atoms with Crippen LogP contribution in [0.3, 0.4) is 0 Å². The highest BCUT2D eigenvalue weighted by molar-refractivity contribution is 5.79. The molecule has 19 heavy (non-hydrogen) atoms. The Bertz CT molecular complexity index is 683. The molecule has 0 bridgehead atoms. The fourth-order valence-corrected chi connectivity index (χ4v) is 2.00. The lowest BCUT2D eigenvalue weighted by Crippen LogP contribution is -2.05. The Hall–Kier alpha value is -2.44. The summed E-state index contributed by atoms with van der Waals surface area (Å²) in [6.07, 6.45) is 9.16. The van der Waals surface area contributed by atoms with Crippen LogP contribution < -0.4 is 5.73 Å². The van der Waals surface area contributed by atoms with E-state index >= 15 is 0 Å². The second-order valence-corrected chi connectivity index (χ2v) is 4.34. The van der Waals surface area contributed by atoms with Gasteiger partial charge in [-0.1, -0.05) is 13.3 Å². The fraction of sp³-hybridized carbons (Fsp3) is 0.333. The molecule has 2 N–H and O–H groups in total. The predicted octanol–water partition coefficient (Wildman–Crippen LogP) is 1.39. The van der Waals surface area contributed by atoms with Crippen LogP contribution in [0.2, 0.25) is 0 Å². The van der Waals surface area contributed by atoms with E-state index in [0.29, 0.717) is 5.82 Å². The monoisotopic (exact) mass is 257 g/mol. The van der Waals surface area contributed by atoms with Crippen molar-refractivity contribution in [2.45, 2.75) is 26.3 Å². The van der Waals surface area contributed by atoms with Crippen LogP contribution in [0, 0.1) is 0 Å². The number of anilines is 1. The highest BCUT2D eigenvalue weighted by Gasteiger charge is 2.13. The first kappa shape index (κ1) is 11.6. The van der Waals surface area contributed by atoms with Gasteiger partial charge in [-0.2, -0.15) is 9.97 Å². The summed E-state index contributed by atoms with van der Waals surface area (Å²) in [6.45, 7) is 3.03. The van der Waals surface area contributed by atoms with Crippen molar-refractivity contribution >= 4 is 17.1 Å². The first-order valence-electron chi connectivity index (χ1n) is 6.26. The van der Waals surface area contributed by atoms with E-state index in [1.807, 2.05) is 10.8 Å². The Kier molecular flexibility index (Phi) is 2.86. The SMILES string of the molecule is CCCCn1cnc2c(-n3ccnc3)nc(N)nc21. The highest BCUT2D eigenvalue weighted by atomic mass is 15.2. The van der Waals surface area contributed by atoms with Crippen LogP contribution >= 0.6 is 0 Å². The molecule has 7 nitrogen and oxygen atoms in total. The minimum absolute atomic E-state index is 0.245. The lowest BCUT2D eigenvalue weighted by Gasteiger charge is -2.05. The third kappa shape index (κ3) is 2.03. The zero-order chi connectivity index (χ0) is 13.2. The topological polar surface area (TPSA) is 87.4 Å². The van der Waals surface area contributed by atoms with E-state index in [4.69, 9.17) is 5.73 Å². The quantitative estimate of drug-likeness (QED) is 0.763. The maximum Gasteiger partial charge on any atom is 0.224 e. The lowest BCUT2D eigenvalue weighted by molar-refractivity contribution is 0.642. The van der Waals surface area contributed by atoms with Crippen LogP contribution in [0.1, 0.15) is 19.8 Å². The summed E-state index contributed by atoms with van der Waals surface area (Å²) in [6, 6.07) is 0. The van der Waals surface area contributed by atoms with Gasteiger partial charge in [0.05, 0.1) is 6.33 Å². The molecule has 3 aromatic rings. The van der Waals surface area contributed by atoms with Crippen molar-refractivity contribution in [2.75, 3.05) is 5.73 Å². The van der Waals surface area contributed by atoms with E-state index in [0.717, 1.165) is 30.6 Å². The number of nitrogens with two attached hydrogens (primary N) is 1. The molecule has 0 fully saturated rings. The second kappa shape index (κ2) is 4.68.